The lowest BCUT2D eigenvalue weighted by molar-refractivity contribution is 0.101. The molecule has 18 heavy (non-hydrogen) atoms. The molecule has 0 aliphatic rings. The van der Waals surface area contributed by atoms with Gasteiger partial charge in [0.2, 0.25) is 5.88 Å². The number of Topliss-reactive ketones (excluding diaryl/α,β-unsaturated/α-hetero) is 1. The first kappa shape index (κ1) is 12.1. The van der Waals surface area contributed by atoms with Gasteiger partial charge in [0, 0.05) is 5.39 Å². The molecule has 90 valence electrons. The Balaban J connectivity index is 2.71. The third kappa shape index (κ3) is 2.05. The van der Waals surface area contributed by atoms with Gasteiger partial charge in [0.15, 0.2) is 12.4 Å². The van der Waals surface area contributed by atoms with Gasteiger partial charge in [-0.25, -0.2) is 4.98 Å². The summed E-state index contributed by atoms with van der Waals surface area (Å²) in [7, 11) is 0. The average molecular weight is 239 g/mol. The smallest absolute Gasteiger partial charge is 0.226 e. The Hall–Kier alpha value is -2.34. The Morgan fingerprint density at radius 2 is 2.17 bits per heavy atom. The summed E-state index contributed by atoms with van der Waals surface area (Å²) in [5.74, 6) is 2.62. The molecule has 0 bridgehead atoms. The fourth-order valence-electron chi connectivity index (χ4n) is 1.98. The molecule has 0 N–H and O–H groups in total. The van der Waals surface area contributed by atoms with E-state index in [4.69, 9.17) is 11.2 Å². The number of ketones is 1. The molecule has 0 spiro atoms. The second-order valence-electron chi connectivity index (χ2n) is 3.98. The largest absolute Gasteiger partial charge is 0.464 e. The number of terminal acetylenes is 1. The van der Waals surface area contributed by atoms with Crippen molar-refractivity contribution in [2.24, 2.45) is 0 Å². The minimum atomic E-state index is -0.0715. The van der Waals surface area contributed by atoms with E-state index in [1.165, 1.54) is 6.92 Å². The van der Waals surface area contributed by atoms with Gasteiger partial charge >= 0.3 is 0 Å². The summed E-state index contributed by atoms with van der Waals surface area (Å²) in [6.07, 6.45) is 5.17. The van der Waals surface area contributed by atoms with Crippen LogP contribution in [0.3, 0.4) is 0 Å². The summed E-state index contributed by atoms with van der Waals surface area (Å²) < 4.78 is 5.37. The SMILES string of the molecule is C#CCOc1nc2ccccc2c(C)c1C(C)=O. The predicted molar refractivity (Wildman–Crippen MR) is 70.8 cm³/mol. The number of aryl methyl sites for hydroxylation is 1. The van der Waals surface area contributed by atoms with E-state index in [-0.39, 0.29) is 12.4 Å². The molecule has 0 unspecified atom stereocenters. The molecule has 0 atom stereocenters. The van der Waals surface area contributed by atoms with Gasteiger partial charge in [0.25, 0.3) is 0 Å². The first-order valence-corrected chi connectivity index (χ1v) is 5.61. The van der Waals surface area contributed by atoms with E-state index in [1.54, 1.807) is 0 Å². The first-order valence-electron chi connectivity index (χ1n) is 5.61. The Morgan fingerprint density at radius 1 is 1.44 bits per heavy atom. The lowest BCUT2D eigenvalue weighted by Crippen LogP contribution is -2.06. The van der Waals surface area contributed by atoms with Gasteiger partial charge in [-0.2, -0.15) is 0 Å². The molecule has 0 amide bonds. The van der Waals surface area contributed by atoms with E-state index < -0.39 is 0 Å². The van der Waals surface area contributed by atoms with Crippen molar-refractivity contribution in [3.05, 3.63) is 35.4 Å². The molecule has 0 aliphatic carbocycles. The highest BCUT2D eigenvalue weighted by atomic mass is 16.5. The highest BCUT2D eigenvalue weighted by Crippen LogP contribution is 2.27. The summed E-state index contributed by atoms with van der Waals surface area (Å²) in [4.78, 5) is 16.1. The molecular weight excluding hydrogens is 226 g/mol. The maximum absolute atomic E-state index is 11.7. The highest BCUT2D eigenvalue weighted by molar-refractivity contribution is 6.02. The number of carbonyl (C=O) groups is 1. The van der Waals surface area contributed by atoms with Gasteiger partial charge < -0.3 is 4.74 Å². The minimum absolute atomic E-state index is 0.0715. The number of nitrogens with zero attached hydrogens (tertiary/aromatic N) is 1. The number of aromatic nitrogens is 1. The minimum Gasteiger partial charge on any atom is -0.464 e. The summed E-state index contributed by atoms with van der Waals surface area (Å²) in [5.41, 5.74) is 2.18. The zero-order valence-electron chi connectivity index (χ0n) is 10.4. The third-order valence-electron chi connectivity index (χ3n) is 2.76. The number of benzene rings is 1. The molecular formula is C15H13NO2. The van der Waals surface area contributed by atoms with Crippen molar-refractivity contribution in [3.63, 3.8) is 0 Å². The van der Waals surface area contributed by atoms with Gasteiger partial charge in [0.05, 0.1) is 11.1 Å². The molecule has 0 radical (unpaired) electrons. The van der Waals surface area contributed by atoms with Crippen LogP contribution in [0, 0.1) is 19.3 Å². The second-order valence-corrected chi connectivity index (χ2v) is 3.98. The van der Waals surface area contributed by atoms with Crippen molar-refractivity contribution < 1.29 is 9.53 Å². The predicted octanol–water partition coefficient (Wildman–Crippen LogP) is 2.76. The molecule has 3 heteroatoms. The molecule has 0 saturated carbocycles. The normalized spacial score (nSPS) is 10.1. The molecule has 1 aromatic heterocycles. The van der Waals surface area contributed by atoms with Gasteiger partial charge in [-0.15, -0.1) is 6.42 Å². The quantitative estimate of drug-likeness (QED) is 0.610. The fraction of sp³-hybridized carbons (Fsp3) is 0.200. The Labute approximate surface area is 106 Å². The van der Waals surface area contributed by atoms with E-state index in [0.717, 1.165) is 16.5 Å². The Kier molecular flexibility index (Phi) is 3.29. The molecule has 1 aromatic carbocycles. The van der Waals surface area contributed by atoms with Gasteiger partial charge in [-0.3, -0.25) is 4.79 Å². The molecule has 1 heterocycles. The maximum Gasteiger partial charge on any atom is 0.226 e. The van der Waals surface area contributed by atoms with Crippen LogP contribution < -0.4 is 4.74 Å². The Morgan fingerprint density at radius 3 is 2.83 bits per heavy atom. The van der Waals surface area contributed by atoms with Crippen LogP contribution in [0.25, 0.3) is 10.9 Å². The highest BCUT2D eigenvalue weighted by Gasteiger charge is 2.16. The fourth-order valence-corrected chi connectivity index (χ4v) is 1.98. The van der Waals surface area contributed by atoms with Crippen molar-refractivity contribution in [3.8, 4) is 18.2 Å². The lowest BCUT2D eigenvalue weighted by Gasteiger charge is -2.12. The second kappa shape index (κ2) is 4.89. The first-order chi connectivity index (χ1) is 8.65. The topological polar surface area (TPSA) is 39.2 Å². The van der Waals surface area contributed by atoms with Crippen molar-refractivity contribution in [2.75, 3.05) is 6.61 Å². The van der Waals surface area contributed by atoms with E-state index in [2.05, 4.69) is 10.9 Å². The van der Waals surface area contributed by atoms with Crippen LogP contribution in [0.1, 0.15) is 22.8 Å². The summed E-state index contributed by atoms with van der Waals surface area (Å²) >= 11 is 0. The van der Waals surface area contributed by atoms with Crippen LogP contribution in [0.15, 0.2) is 24.3 Å². The van der Waals surface area contributed by atoms with Crippen molar-refractivity contribution >= 4 is 16.7 Å². The Bertz CT molecular complexity index is 653. The third-order valence-corrected chi connectivity index (χ3v) is 2.76. The van der Waals surface area contributed by atoms with E-state index in [9.17, 15) is 4.79 Å². The van der Waals surface area contributed by atoms with Crippen LogP contribution in [-0.4, -0.2) is 17.4 Å². The monoisotopic (exact) mass is 239 g/mol. The van der Waals surface area contributed by atoms with Crippen molar-refractivity contribution in [1.82, 2.24) is 4.98 Å². The van der Waals surface area contributed by atoms with Crippen molar-refractivity contribution in [1.29, 1.82) is 0 Å². The summed E-state index contributed by atoms with van der Waals surface area (Å²) in [6.45, 7) is 3.50. The number of para-hydroxylation sites is 1. The zero-order chi connectivity index (χ0) is 13.1. The van der Waals surface area contributed by atoms with Crippen LogP contribution in [0.5, 0.6) is 5.88 Å². The zero-order valence-corrected chi connectivity index (χ0v) is 10.4. The lowest BCUT2D eigenvalue weighted by atomic mass is 10.0. The summed E-state index contributed by atoms with van der Waals surface area (Å²) in [6, 6.07) is 7.64. The number of rotatable bonds is 3. The van der Waals surface area contributed by atoms with Crippen LogP contribution in [0.4, 0.5) is 0 Å². The standard InChI is InChI=1S/C15H13NO2/c1-4-9-18-15-14(11(3)17)10(2)12-7-5-6-8-13(12)16-15/h1,5-8H,9H2,2-3H3. The average Bonchev–Trinajstić information content (AvgIpc) is 2.36. The number of ether oxygens (including phenoxy) is 1. The molecule has 0 fully saturated rings. The van der Waals surface area contributed by atoms with Crippen LogP contribution >= 0.6 is 0 Å². The number of pyridine rings is 1. The summed E-state index contributed by atoms with van der Waals surface area (Å²) in [5, 5.41) is 0.954. The number of fused-ring (bicyclic) bond motifs is 1. The number of hydrogen-bond donors (Lipinski definition) is 0. The molecule has 2 rings (SSSR count). The van der Waals surface area contributed by atoms with Gasteiger partial charge in [-0.05, 0) is 25.5 Å². The van der Waals surface area contributed by atoms with Crippen molar-refractivity contribution in [2.45, 2.75) is 13.8 Å². The van der Waals surface area contributed by atoms with E-state index >= 15 is 0 Å². The van der Waals surface area contributed by atoms with E-state index in [1.807, 2.05) is 31.2 Å². The van der Waals surface area contributed by atoms with Gasteiger partial charge in [-0.1, -0.05) is 24.1 Å². The maximum atomic E-state index is 11.7. The molecule has 2 aromatic rings. The van der Waals surface area contributed by atoms with Crippen LogP contribution in [-0.2, 0) is 0 Å². The van der Waals surface area contributed by atoms with Crippen LogP contribution in [0.2, 0.25) is 0 Å². The molecule has 3 nitrogen and oxygen atoms in total. The van der Waals surface area contributed by atoms with E-state index in [0.29, 0.717) is 11.4 Å². The number of carbonyl (C=O) groups excluding carboxylic acids is 1. The number of hydrogen-bond acceptors (Lipinski definition) is 3. The van der Waals surface area contributed by atoms with Gasteiger partial charge in [0.1, 0.15) is 0 Å². The molecule has 0 saturated heterocycles. The molecule has 0 aliphatic heterocycles.